The molecule has 0 amide bonds. The third-order valence-electron chi connectivity index (χ3n) is 4.26. The van der Waals surface area contributed by atoms with E-state index in [0.29, 0.717) is 24.2 Å². The molecule has 3 aromatic rings. The zero-order valence-corrected chi connectivity index (χ0v) is 13.3. The Morgan fingerprint density at radius 3 is 3.12 bits per heavy atom. The summed E-state index contributed by atoms with van der Waals surface area (Å²) in [5.74, 6) is 1.81. The Hall–Kier alpha value is -2.61. The maximum Gasteiger partial charge on any atom is 0.241 e. The van der Waals surface area contributed by atoms with E-state index in [1.807, 2.05) is 16.8 Å². The lowest BCUT2D eigenvalue weighted by Crippen LogP contribution is -2.36. The van der Waals surface area contributed by atoms with Crippen LogP contribution in [0.5, 0.6) is 0 Å². The number of rotatable bonds is 5. The van der Waals surface area contributed by atoms with Crippen LogP contribution in [0.1, 0.15) is 18.7 Å². The van der Waals surface area contributed by atoms with Crippen molar-refractivity contribution >= 4 is 0 Å². The van der Waals surface area contributed by atoms with Crippen LogP contribution in [0.15, 0.2) is 41.7 Å². The number of aromatic nitrogens is 6. The summed E-state index contributed by atoms with van der Waals surface area (Å²) in [4.78, 5) is 14.9. The third kappa shape index (κ3) is 3.48. The van der Waals surface area contributed by atoms with Crippen molar-refractivity contribution in [1.29, 1.82) is 0 Å². The van der Waals surface area contributed by atoms with Crippen LogP contribution in [-0.2, 0) is 13.1 Å². The second-order valence-corrected chi connectivity index (χ2v) is 6.11. The lowest BCUT2D eigenvalue weighted by Gasteiger charge is -2.31. The molecule has 0 aliphatic carbocycles. The van der Waals surface area contributed by atoms with E-state index in [9.17, 15) is 0 Å². The Balaban J connectivity index is 1.37. The molecule has 1 atom stereocenters. The molecule has 0 bridgehead atoms. The standard InChI is InChI=1S/C16H19N7O/c1-4-14(7-17-5-1)16-20-15(24-21-16)10-22-6-2-3-13(8-22)9-23-12-18-11-19-23/h1,4-5,7,11-13H,2-3,6,8-10H2/t13-/m0/s1. The lowest BCUT2D eigenvalue weighted by molar-refractivity contribution is 0.138. The molecule has 0 N–H and O–H groups in total. The fourth-order valence-corrected chi connectivity index (χ4v) is 3.16. The van der Waals surface area contributed by atoms with Crippen molar-refractivity contribution in [3.05, 3.63) is 43.1 Å². The molecule has 1 fully saturated rings. The SMILES string of the molecule is c1cncc(-c2noc(CN3CCC[C@H](Cn4cncn4)C3)n2)c1. The maximum absolute atomic E-state index is 5.40. The van der Waals surface area contributed by atoms with E-state index in [4.69, 9.17) is 4.52 Å². The van der Waals surface area contributed by atoms with Crippen molar-refractivity contribution in [2.45, 2.75) is 25.9 Å². The van der Waals surface area contributed by atoms with E-state index in [1.54, 1.807) is 25.0 Å². The summed E-state index contributed by atoms with van der Waals surface area (Å²) in [6.07, 6.45) is 9.21. The van der Waals surface area contributed by atoms with Crippen LogP contribution in [0.25, 0.3) is 11.4 Å². The Kier molecular flexibility index (Phi) is 4.28. The third-order valence-corrected chi connectivity index (χ3v) is 4.26. The number of piperidine rings is 1. The van der Waals surface area contributed by atoms with Crippen molar-refractivity contribution in [1.82, 2.24) is 34.8 Å². The van der Waals surface area contributed by atoms with Crippen LogP contribution in [0.3, 0.4) is 0 Å². The quantitative estimate of drug-likeness (QED) is 0.704. The van der Waals surface area contributed by atoms with Gasteiger partial charge in [0.05, 0.1) is 6.54 Å². The average molecular weight is 325 g/mol. The Morgan fingerprint density at radius 2 is 2.29 bits per heavy atom. The minimum atomic E-state index is 0.571. The normalized spacial score (nSPS) is 18.8. The minimum absolute atomic E-state index is 0.571. The van der Waals surface area contributed by atoms with Crippen molar-refractivity contribution < 1.29 is 4.52 Å². The zero-order valence-electron chi connectivity index (χ0n) is 13.3. The van der Waals surface area contributed by atoms with E-state index >= 15 is 0 Å². The summed E-state index contributed by atoms with van der Waals surface area (Å²) in [6, 6.07) is 3.79. The molecule has 124 valence electrons. The first-order valence-corrected chi connectivity index (χ1v) is 8.14. The van der Waals surface area contributed by atoms with Gasteiger partial charge in [0.25, 0.3) is 0 Å². The van der Waals surface area contributed by atoms with Crippen LogP contribution in [0.4, 0.5) is 0 Å². The molecule has 3 aromatic heterocycles. The van der Waals surface area contributed by atoms with Gasteiger partial charge in [0, 0.05) is 31.0 Å². The minimum Gasteiger partial charge on any atom is -0.338 e. The molecular weight excluding hydrogens is 306 g/mol. The predicted octanol–water partition coefficient (Wildman–Crippen LogP) is 1.64. The number of pyridine rings is 1. The largest absolute Gasteiger partial charge is 0.338 e. The first-order valence-electron chi connectivity index (χ1n) is 8.14. The van der Waals surface area contributed by atoms with Crippen molar-refractivity contribution in [3.8, 4) is 11.4 Å². The molecular formula is C16H19N7O. The van der Waals surface area contributed by atoms with Gasteiger partial charge in [-0.1, -0.05) is 5.16 Å². The van der Waals surface area contributed by atoms with Gasteiger partial charge in [-0.3, -0.25) is 14.6 Å². The van der Waals surface area contributed by atoms with Crippen molar-refractivity contribution in [2.75, 3.05) is 13.1 Å². The summed E-state index contributed by atoms with van der Waals surface area (Å²) in [5, 5.41) is 8.25. The highest BCUT2D eigenvalue weighted by Gasteiger charge is 2.22. The number of likely N-dealkylation sites (tertiary alicyclic amines) is 1. The maximum atomic E-state index is 5.40. The van der Waals surface area contributed by atoms with Gasteiger partial charge in [-0.05, 0) is 37.4 Å². The fraction of sp³-hybridized carbons (Fsp3) is 0.438. The Labute approximate surface area is 139 Å². The zero-order chi connectivity index (χ0) is 16.2. The fourth-order valence-electron chi connectivity index (χ4n) is 3.16. The highest BCUT2D eigenvalue weighted by Crippen LogP contribution is 2.20. The molecule has 0 spiro atoms. The van der Waals surface area contributed by atoms with E-state index in [1.165, 1.54) is 12.8 Å². The van der Waals surface area contributed by atoms with Gasteiger partial charge >= 0.3 is 0 Å². The van der Waals surface area contributed by atoms with Gasteiger partial charge in [-0.25, -0.2) is 4.98 Å². The topological polar surface area (TPSA) is 85.8 Å². The summed E-state index contributed by atoms with van der Waals surface area (Å²) in [6.45, 7) is 3.64. The molecule has 0 unspecified atom stereocenters. The monoisotopic (exact) mass is 325 g/mol. The molecule has 8 nitrogen and oxygen atoms in total. The smallest absolute Gasteiger partial charge is 0.241 e. The van der Waals surface area contributed by atoms with Crippen LogP contribution >= 0.6 is 0 Å². The lowest BCUT2D eigenvalue weighted by atomic mass is 9.98. The summed E-state index contributed by atoms with van der Waals surface area (Å²) in [7, 11) is 0. The molecule has 24 heavy (non-hydrogen) atoms. The van der Waals surface area contributed by atoms with Gasteiger partial charge in [0.1, 0.15) is 12.7 Å². The second-order valence-electron chi connectivity index (χ2n) is 6.11. The Bertz CT molecular complexity index is 756. The highest BCUT2D eigenvalue weighted by molar-refractivity contribution is 5.51. The molecule has 0 aromatic carbocycles. The average Bonchev–Trinajstić information content (AvgIpc) is 3.28. The van der Waals surface area contributed by atoms with Crippen LogP contribution in [-0.4, -0.2) is 47.9 Å². The Morgan fingerprint density at radius 1 is 1.29 bits per heavy atom. The molecule has 1 aliphatic rings. The van der Waals surface area contributed by atoms with Crippen molar-refractivity contribution in [2.24, 2.45) is 5.92 Å². The predicted molar refractivity (Wildman–Crippen MR) is 85.6 cm³/mol. The molecule has 1 saturated heterocycles. The molecule has 0 saturated carbocycles. The molecule has 8 heteroatoms. The first kappa shape index (κ1) is 14.9. The highest BCUT2D eigenvalue weighted by atomic mass is 16.5. The van der Waals surface area contributed by atoms with Crippen LogP contribution < -0.4 is 0 Å². The second kappa shape index (κ2) is 6.88. The molecule has 4 heterocycles. The molecule has 4 rings (SSSR count). The first-order chi connectivity index (χ1) is 11.9. The number of hydrogen-bond donors (Lipinski definition) is 0. The molecule has 0 radical (unpaired) electrons. The van der Waals surface area contributed by atoms with E-state index in [2.05, 4.69) is 30.1 Å². The van der Waals surface area contributed by atoms with Gasteiger partial charge in [0.15, 0.2) is 0 Å². The van der Waals surface area contributed by atoms with Crippen LogP contribution in [0.2, 0.25) is 0 Å². The number of hydrogen-bond acceptors (Lipinski definition) is 7. The molecule has 1 aliphatic heterocycles. The van der Waals surface area contributed by atoms with Gasteiger partial charge in [0.2, 0.25) is 11.7 Å². The van der Waals surface area contributed by atoms with E-state index < -0.39 is 0 Å². The van der Waals surface area contributed by atoms with E-state index in [-0.39, 0.29) is 0 Å². The van der Waals surface area contributed by atoms with Crippen molar-refractivity contribution in [3.63, 3.8) is 0 Å². The summed E-state index contributed by atoms with van der Waals surface area (Å²) >= 11 is 0. The summed E-state index contributed by atoms with van der Waals surface area (Å²) < 4.78 is 7.31. The van der Waals surface area contributed by atoms with Gasteiger partial charge < -0.3 is 4.52 Å². The van der Waals surface area contributed by atoms with Gasteiger partial charge in [-0.2, -0.15) is 10.1 Å². The van der Waals surface area contributed by atoms with Crippen LogP contribution in [0, 0.1) is 5.92 Å². The van der Waals surface area contributed by atoms with E-state index in [0.717, 1.165) is 25.2 Å². The number of nitrogens with zero attached hydrogens (tertiary/aromatic N) is 7. The van der Waals surface area contributed by atoms with Gasteiger partial charge in [-0.15, -0.1) is 0 Å². The summed E-state index contributed by atoms with van der Waals surface area (Å²) in [5.41, 5.74) is 0.871.